The number of hydrogen-bond acceptors (Lipinski definition) is 1. The molecule has 2 unspecified atom stereocenters. The van der Waals surface area contributed by atoms with Crippen LogP contribution in [0, 0.1) is 5.92 Å². The molecule has 0 aliphatic heterocycles. The zero-order chi connectivity index (χ0) is 18.5. The molecule has 2 aliphatic rings. The van der Waals surface area contributed by atoms with Gasteiger partial charge in [0.25, 0.3) is 0 Å². The van der Waals surface area contributed by atoms with Gasteiger partial charge in [0.2, 0.25) is 0 Å². The molecule has 0 fully saturated rings. The lowest BCUT2D eigenvalue weighted by Gasteiger charge is -2.28. The number of rotatable bonds is 8. The molecule has 0 N–H and O–H groups in total. The van der Waals surface area contributed by atoms with Gasteiger partial charge in [0.1, 0.15) is 0 Å². The molecule has 0 saturated heterocycles. The number of allylic oxidation sites excluding steroid dienone is 4. The molecule has 0 heterocycles. The van der Waals surface area contributed by atoms with Crippen LogP contribution in [0.5, 0.6) is 0 Å². The molecular weight excluding hydrogens is 339 g/mol. The molecule has 25 heavy (non-hydrogen) atoms. The van der Waals surface area contributed by atoms with Gasteiger partial charge in [0.05, 0.1) is 6.10 Å². The highest BCUT2D eigenvalue weighted by atomic mass is 19.3. The fourth-order valence-corrected chi connectivity index (χ4v) is 3.19. The van der Waals surface area contributed by atoms with Gasteiger partial charge >= 0.3 is 12.0 Å². The van der Waals surface area contributed by atoms with Gasteiger partial charge in [-0.3, -0.25) is 0 Å². The van der Waals surface area contributed by atoms with E-state index in [4.69, 9.17) is 0 Å². The summed E-state index contributed by atoms with van der Waals surface area (Å²) in [5.41, 5.74) is 2.11. The fourth-order valence-electron chi connectivity index (χ4n) is 3.19. The molecule has 0 bridgehead atoms. The first-order valence-electron chi connectivity index (χ1n) is 8.86. The fraction of sp³-hybridized carbons (Fsp3) is 0.684. The van der Waals surface area contributed by atoms with Gasteiger partial charge in [-0.05, 0) is 42.7 Å². The second-order valence-corrected chi connectivity index (χ2v) is 6.78. The first-order chi connectivity index (χ1) is 11.8. The van der Waals surface area contributed by atoms with E-state index in [1.54, 1.807) is 12.2 Å². The van der Waals surface area contributed by atoms with Crippen molar-refractivity contribution < 1.29 is 26.7 Å². The third kappa shape index (κ3) is 5.16. The van der Waals surface area contributed by atoms with Crippen molar-refractivity contribution in [1.29, 1.82) is 0 Å². The number of hydrogen-bond donors (Lipinski definition) is 0. The Hall–Kier alpha value is -1.17. The van der Waals surface area contributed by atoms with E-state index >= 15 is 0 Å². The highest BCUT2D eigenvalue weighted by Gasteiger charge is 2.59. The summed E-state index contributed by atoms with van der Waals surface area (Å²) >= 11 is 0. The zero-order valence-electron chi connectivity index (χ0n) is 14.4. The number of halogens is 5. The van der Waals surface area contributed by atoms with E-state index in [0.717, 1.165) is 24.8 Å². The minimum Gasteiger partial charge on any atom is -0.308 e. The third-order valence-corrected chi connectivity index (χ3v) is 4.81. The van der Waals surface area contributed by atoms with Crippen LogP contribution in [0.2, 0.25) is 0 Å². The van der Waals surface area contributed by atoms with Crippen LogP contribution in [0.1, 0.15) is 51.9 Å². The van der Waals surface area contributed by atoms with E-state index in [1.807, 2.05) is 0 Å². The molecule has 0 amide bonds. The summed E-state index contributed by atoms with van der Waals surface area (Å²) in [6.07, 6.45) is 7.67. The molecule has 0 saturated carbocycles. The second kappa shape index (κ2) is 8.47. The smallest absolute Gasteiger partial charge is 0.308 e. The van der Waals surface area contributed by atoms with Crippen molar-refractivity contribution in [1.82, 2.24) is 0 Å². The summed E-state index contributed by atoms with van der Waals surface area (Å²) in [4.78, 5) is 0. The largest absolute Gasteiger partial charge is 0.422 e. The van der Waals surface area contributed by atoms with E-state index in [2.05, 4.69) is 17.7 Å². The van der Waals surface area contributed by atoms with Gasteiger partial charge in [-0.15, -0.1) is 0 Å². The van der Waals surface area contributed by atoms with Crippen LogP contribution in [-0.2, 0) is 4.74 Å². The van der Waals surface area contributed by atoms with Crippen molar-refractivity contribution in [2.45, 2.75) is 70.0 Å². The average Bonchev–Trinajstić information content (AvgIpc) is 2.60. The van der Waals surface area contributed by atoms with Gasteiger partial charge in [0, 0.05) is 0 Å². The first kappa shape index (κ1) is 20.1. The van der Waals surface area contributed by atoms with Gasteiger partial charge in [-0.2, -0.15) is 17.6 Å². The second-order valence-electron chi connectivity index (χ2n) is 6.78. The van der Waals surface area contributed by atoms with Crippen LogP contribution in [0.25, 0.3) is 0 Å². The molecule has 0 spiro atoms. The minimum absolute atomic E-state index is 0.0698. The predicted octanol–water partition coefficient (Wildman–Crippen LogP) is 6.37. The van der Waals surface area contributed by atoms with Crippen LogP contribution < -0.4 is 0 Å². The summed E-state index contributed by atoms with van der Waals surface area (Å²) in [6, 6.07) is 0. The van der Waals surface area contributed by atoms with Crippen molar-refractivity contribution in [3.8, 4) is 0 Å². The third-order valence-electron chi connectivity index (χ3n) is 4.81. The standard InChI is InChI=1S/C19H25F5O/c1-2-3-4-14-5-7-15(8-6-14)16-9-11-17(12-10-16)25-19(23,24)18(21,22)13-20/h7,9-11,14,17H,2-6,8,12-13H2,1H3. The number of alkyl halides is 5. The highest BCUT2D eigenvalue weighted by Crippen LogP contribution is 2.38. The maximum Gasteiger partial charge on any atom is 0.422 e. The molecule has 0 aromatic heterocycles. The molecular formula is C19H25F5O. The number of unbranched alkanes of at least 4 members (excludes halogenated alkanes) is 1. The van der Waals surface area contributed by atoms with Crippen molar-refractivity contribution in [3.63, 3.8) is 0 Å². The zero-order valence-corrected chi connectivity index (χ0v) is 14.4. The Bertz CT molecular complexity index is 536. The van der Waals surface area contributed by atoms with Crippen molar-refractivity contribution >= 4 is 0 Å². The van der Waals surface area contributed by atoms with E-state index in [1.165, 1.54) is 30.9 Å². The molecule has 2 atom stereocenters. The lowest BCUT2D eigenvalue weighted by molar-refractivity contribution is -0.358. The summed E-state index contributed by atoms with van der Waals surface area (Å²) < 4.78 is 68.6. The molecule has 6 heteroatoms. The SMILES string of the molecule is CCCCC1CC=C(C2=CCC(OC(F)(F)C(F)(F)CF)C=C2)CC1. The van der Waals surface area contributed by atoms with Crippen LogP contribution in [0.4, 0.5) is 22.0 Å². The molecule has 1 nitrogen and oxygen atoms in total. The molecule has 2 rings (SSSR count). The van der Waals surface area contributed by atoms with Crippen LogP contribution in [0.15, 0.2) is 35.5 Å². The van der Waals surface area contributed by atoms with Crippen LogP contribution >= 0.6 is 0 Å². The van der Waals surface area contributed by atoms with Gasteiger partial charge in [0.15, 0.2) is 6.67 Å². The van der Waals surface area contributed by atoms with E-state index < -0.39 is 24.8 Å². The predicted molar refractivity (Wildman–Crippen MR) is 87.5 cm³/mol. The monoisotopic (exact) mass is 364 g/mol. The molecule has 0 aromatic rings. The van der Waals surface area contributed by atoms with E-state index in [-0.39, 0.29) is 6.42 Å². The number of ether oxygens (including phenoxy) is 1. The Balaban J connectivity index is 1.89. The highest BCUT2D eigenvalue weighted by molar-refractivity contribution is 5.42. The maximum atomic E-state index is 13.3. The quantitative estimate of drug-likeness (QED) is 0.455. The Morgan fingerprint density at radius 1 is 1.16 bits per heavy atom. The lowest BCUT2D eigenvalue weighted by Crippen LogP contribution is -2.46. The summed E-state index contributed by atoms with van der Waals surface area (Å²) in [5, 5.41) is 0. The molecule has 0 radical (unpaired) electrons. The topological polar surface area (TPSA) is 9.23 Å². The summed E-state index contributed by atoms with van der Waals surface area (Å²) in [6.45, 7) is -0.281. The van der Waals surface area contributed by atoms with Crippen LogP contribution in [0.3, 0.4) is 0 Å². The van der Waals surface area contributed by atoms with Crippen molar-refractivity contribution in [2.75, 3.05) is 6.67 Å². The summed E-state index contributed by atoms with van der Waals surface area (Å²) in [7, 11) is 0. The molecule has 0 aromatic carbocycles. The maximum absolute atomic E-state index is 13.3. The van der Waals surface area contributed by atoms with Crippen LogP contribution in [-0.4, -0.2) is 24.8 Å². The van der Waals surface area contributed by atoms with Gasteiger partial charge in [-0.1, -0.05) is 50.5 Å². The lowest BCUT2D eigenvalue weighted by atomic mass is 9.83. The molecule has 2 aliphatic carbocycles. The first-order valence-corrected chi connectivity index (χ1v) is 8.86. The van der Waals surface area contributed by atoms with Gasteiger partial charge in [-0.25, -0.2) is 4.39 Å². The Morgan fingerprint density at radius 2 is 1.92 bits per heavy atom. The van der Waals surface area contributed by atoms with E-state index in [9.17, 15) is 22.0 Å². The minimum atomic E-state index is -4.82. The Morgan fingerprint density at radius 3 is 2.44 bits per heavy atom. The normalized spacial score (nSPS) is 24.9. The van der Waals surface area contributed by atoms with Crippen molar-refractivity contribution in [2.24, 2.45) is 5.92 Å². The molecule has 142 valence electrons. The Labute approximate surface area is 145 Å². The van der Waals surface area contributed by atoms with Crippen molar-refractivity contribution in [3.05, 3.63) is 35.5 Å². The van der Waals surface area contributed by atoms with E-state index in [0.29, 0.717) is 5.92 Å². The van der Waals surface area contributed by atoms with Gasteiger partial charge < -0.3 is 4.74 Å². The Kier molecular flexibility index (Phi) is 6.83. The summed E-state index contributed by atoms with van der Waals surface area (Å²) in [5.74, 6) is -4.11. The average molecular weight is 364 g/mol.